The van der Waals surface area contributed by atoms with Crippen molar-refractivity contribution in [2.24, 2.45) is 0 Å². The molecule has 0 N–H and O–H groups in total. The summed E-state index contributed by atoms with van der Waals surface area (Å²) in [7, 11) is 0. The molecule has 90 valence electrons. The van der Waals surface area contributed by atoms with Crippen molar-refractivity contribution in [2.75, 3.05) is 0 Å². The Morgan fingerprint density at radius 2 is 1.72 bits per heavy atom. The first-order valence-electron chi connectivity index (χ1n) is 5.62. The van der Waals surface area contributed by atoms with Gasteiger partial charge in [-0.25, -0.2) is 0 Å². The van der Waals surface area contributed by atoms with Gasteiger partial charge in [0.1, 0.15) is 0 Å². The lowest BCUT2D eigenvalue weighted by Gasteiger charge is -2.09. The molecule has 1 heterocycles. The molecular formula is C15H10Br2S. The number of halogens is 2. The van der Waals surface area contributed by atoms with E-state index in [4.69, 9.17) is 0 Å². The molecule has 2 aromatic carbocycles. The molecule has 0 spiro atoms. The predicted molar refractivity (Wildman–Crippen MR) is 86.7 cm³/mol. The second-order valence-corrected chi connectivity index (χ2v) is 6.73. The molecule has 1 aromatic heterocycles. The number of fused-ring (bicyclic) bond motifs is 1. The molecular weight excluding hydrogens is 372 g/mol. The summed E-state index contributed by atoms with van der Waals surface area (Å²) in [5.41, 5.74) is 2.62. The number of hydrogen-bond acceptors (Lipinski definition) is 1. The van der Waals surface area contributed by atoms with Crippen molar-refractivity contribution in [1.82, 2.24) is 0 Å². The normalized spacial score (nSPS) is 12.8. The average molecular weight is 382 g/mol. The molecule has 0 saturated heterocycles. The van der Waals surface area contributed by atoms with Crippen LogP contribution in [0.5, 0.6) is 0 Å². The first-order chi connectivity index (χ1) is 8.77. The minimum absolute atomic E-state index is 0.252. The van der Waals surface area contributed by atoms with E-state index < -0.39 is 0 Å². The van der Waals surface area contributed by atoms with Gasteiger partial charge in [0, 0.05) is 9.17 Å². The maximum Gasteiger partial charge on any atom is 0.0658 e. The van der Waals surface area contributed by atoms with Gasteiger partial charge >= 0.3 is 0 Å². The molecule has 1 unspecified atom stereocenters. The molecule has 18 heavy (non-hydrogen) atoms. The zero-order valence-corrected chi connectivity index (χ0v) is 13.4. The van der Waals surface area contributed by atoms with E-state index in [-0.39, 0.29) is 4.83 Å². The van der Waals surface area contributed by atoms with Gasteiger partial charge in [0.15, 0.2) is 0 Å². The van der Waals surface area contributed by atoms with Crippen LogP contribution in [-0.4, -0.2) is 0 Å². The third-order valence-electron chi connectivity index (χ3n) is 2.95. The fourth-order valence-electron chi connectivity index (χ4n) is 2.04. The lowest BCUT2D eigenvalue weighted by Crippen LogP contribution is -1.90. The van der Waals surface area contributed by atoms with Crippen LogP contribution in [0.3, 0.4) is 0 Å². The Hall–Kier alpha value is -0.640. The summed E-state index contributed by atoms with van der Waals surface area (Å²) in [4.78, 5) is 0.252. The molecule has 0 radical (unpaired) electrons. The largest absolute Gasteiger partial charge is 0.142 e. The predicted octanol–water partition coefficient (Wildman–Crippen LogP) is 6.15. The van der Waals surface area contributed by atoms with E-state index in [2.05, 4.69) is 79.7 Å². The molecule has 0 bridgehead atoms. The van der Waals surface area contributed by atoms with Gasteiger partial charge in [0.25, 0.3) is 0 Å². The van der Waals surface area contributed by atoms with Gasteiger partial charge in [-0.1, -0.05) is 58.4 Å². The Balaban J connectivity index is 2.13. The number of thiophene rings is 1. The zero-order valence-electron chi connectivity index (χ0n) is 9.44. The first-order valence-corrected chi connectivity index (χ1v) is 8.21. The smallest absolute Gasteiger partial charge is 0.0658 e. The van der Waals surface area contributed by atoms with Crippen LogP contribution in [0.1, 0.15) is 16.0 Å². The maximum absolute atomic E-state index is 3.81. The van der Waals surface area contributed by atoms with E-state index in [9.17, 15) is 0 Å². The zero-order chi connectivity index (χ0) is 12.5. The number of alkyl halides is 1. The van der Waals surface area contributed by atoms with Crippen LogP contribution in [-0.2, 0) is 0 Å². The van der Waals surface area contributed by atoms with Crippen molar-refractivity contribution >= 4 is 53.3 Å². The van der Waals surface area contributed by atoms with E-state index in [0.29, 0.717) is 0 Å². The Morgan fingerprint density at radius 3 is 2.50 bits per heavy atom. The summed E-state index contributed by atoms with van der Waals surface area (Å²) in [6.45, 7) is 0. The van der Waals surface area contributed by atoms with E-state index in [1.54, 1.807) is 11.3 Å². The fourth-order valence-corrected chi connectivity index (χ4v) is 4.55. The van der Waals surface area contributed by atoms with Crippen LogP contribution >= 0.6 is 43.2 Å². The van der Waals surface area contributed by atoms with Gasteiger partial charge in [-0.15, -0.1) is 11.3 Å². The van der Waals surface area contributed by atoms with Gasteiger partial charge in [0.2, 0.25) is 0 Å². The van der Waals surface area contributed by atoms with Gasteiger partial charge in [0.05, 0.1) is 4.83 Å². The van der Waals surface area contributed by atoms with Crippen LogP contribution < -0.4 is 0 Å². The van der Waals surface area contributed by atoms with E-state index in [1.165, 1.54) is 25.7 Å². The van der Waals surface area contributed by atoms with E-state index in [1.807, 2.05) is 6.07 Å². The molecule has 0 aliphatic carbocycles. The Bertz CT molecular complexity index is 673. The number of rotatable bonds is 2. The second-order valence-electron chi connectivity index (χ2n) is 4.08. The summed E-state index contributed by atoms with van der Waals surface area (Å²) in [5, 5.41) is 3.56. The van der Waals surface area contributed by atoms with Crippen molar-refractivity contribution in [3.05, 3.63) is 69.5 Å². The number of hydrogen-bond donors (Lipinski definition) is 0. The van der Waals surface area contributed by atoms with Crippen LogP contribution in [0.2, 0.25) is 0 Å². The topological polar surface area (TPSA) is 0 Å². The summed E-state index contributed by atoms with van der Waals surface area (Å²) in [6.07, 6.45) is 0. The molecule has 0 aliphatic heterocycles. The lowest BCUT2D eigenvalue weighted by atomic mass is 10.0. The highest BCUT2D eigenvalue weighted by Gasteiger charge is 2.15. The van der Waals surface area contributed by atoms with Gasteiger partial charge in [-0.05, 0) is 43.9 Å². The van der Waals surface area contributed by atoms with E-state index in [0.717, 1.165) is 0 Å². The summed E-state index contributed by atoms with van der Waals surface area (Å²) in [5.74, 6) is 0. The van der Waals surface area contributed by atoms with Crippen LogP contribution in [0.4, 0.5) is 0 Å². The van der Waals surface area contributed by atoms with Crippen LogP contribution in [0, 0.1) is 0 Å². The van der Waals surface area contributed by atoms with Gasteiger partial charge in [-0.2, -0.15) is 0 Å². The molecule has 0 saturated carbocycles. The molecule has 3 rings (SSSR count). The molecule has 0 nitrogen and oxygen atoms in total. The molecule has 1 atom stereocenters. The summed E-state index contributed by atoms with van der Waals surface area (Å²) >= 11 is 9.21. The first kappa shape index (κ1) is 12.4. The fraction of sp³-hybridized carbons (Fsp3) is 0.0667. The third kappa shape index (κ3) is 2.15. The van der Waals surface area contributed by atoms with Crippen LogP contribution in [0.15, 0.2) is 58.4 Å². The average Bonchev–Trinajstić information content (AvgIpc) is 2.84. The van der Waals surface area contributed by atoms with Gasteiger partial charge in [-0.3, -0.25) is 0 Å². The monoisotopic (exact) mass is 380 g/mol. The Morgan fingerprint density at radius 1 is 0.944 bits per heavy atom. The van der Waals surface area contributed by atoms with E-state index >= 15 is 0 Å². The summed E-state index contributed by atoms with van der Waals surface area (Å²) < 4.78 is 2.48. The van der Waals surface area contributed by atoms with Crippen LogP contribution in [0.25, 0.3) is 10.1 Å². The molecule has 0 aliphatic rings. The van der Waals surface area contributed by atoms with Crippen molar-refractivity contribution in [1.29, 1.82) is 0 Å². The van der Waals surface area contributed by atoms with Crippen molar-refractivity contribution < 1.29 is 0 Å². The highest BCUT2D eigenvalue weighted by Crippen LogP contribution is 2.40. The van der Waals surface area contributed by atoms with Crippen molar-refractivity contribution in [2.45, 2.75) is 4.83 Å². The van der Waals surface area contributed by atoms with Gasteiger partial charge < -0.3 is 0 Å². The molecule has 3 aromatic rings. The molecule has 0 amide bonds. The minimum atomic E-state index is 0.252. The Kier molecular flexibility index (Phi) is 3.55. The van der Waals surface area contributed by atoms with Crippen molar-refractivity contribution in [3.8, 4) is 0 Å². The highest BCUT2D eigenvalue weighted by molar-refractivity contribution is 9.10. The Labute approximate surface area is 127 Å². The second kappa shape index (κ2) is 5.16. The standard InChI is InChI=1S/C15H10Br2S/c16-13-8-4-7-11-12(9-18-15(11)13)14(17)10-5-2-1-3-6-10/h1-9,14H. The highest BCUT2D eigenvalue weighted by atomic mass is 79.9. The lowest BCUT2D eigenvalue weighted by molar-refractivity contribution is 1.21. The molecule has 3 heteroatoms. The SMILES string of the molecule is Brc1cccc2c(C(Br)c3ccccc3)csc12. The third-order valence-corrected chi connectivity index (χ3v) is 5.94. The maximum atomic E-state index is 3.81. The number of benzene rings is 2. The quantitative estimate of drug-likeness (QED) is 0.467. The van der Waals surface area contributed by atoms with Crippen molar-refractivity contribution in [3.63, 3.8) is 0 Å². The minimum Gasteiger partial charge on any atom is -0.142 e. The molecule has 0 fully saturated rings. The summed E-state index contributed by atoms with van der Waals surface area (Å²) in [6, 6.07) is 16.9.